The van der Waals surface area contributed by atoms with Crippen molar-refractivity contribution >= 4 is 0 Å². The molecule has 0 aliphatic carbocycles. The molecule has 0 fully saturated rings. The van der Waals surface area contributed by atoms with Gasteiger partial charge in [-0.2, -0.15) is 0 Å². The van der Waals surface area contributed by atoms with Gasteiger partial charge in [-0.05, 0) is 41.0 Å². The second-order valence-corrected chi connectivity index (χ2v) is 4.41. The Hall–Kier alpha value is -1.71. The maximum absolute atomic E-state index is 4.03. The van der Waals surface area contributed by atoms with Crippen LogP contribution in [-0.4, -0.2) is 20.2 Å². The molecule has 0 saturated carbocycles. The van der Waals surface area contributed by atoms with E-state index < -0.39 is 0 Å². The summed E-state index contributed by atoms with van der Waals surface area (Å²) >= 11 is 0. The van der Waals surface area contributed by atoms with E-state index in [2.05, 4.69) is 54.5 Å². The molecule has 0 saturated heterocycles. The summed E-state index contributed by atoms with van der Waals surface area (Å²) in [5, 5.41) is 11.5. The van der Waals surface area contributed by atoms with Crippen molar-refractivity contribution in [3.05, 3.63) is 29.3 Å². The number of rotatable bonds is 2. The Balaban J connectivity index is 2.54. The molecule has 2 aromatic rings. The van der Waals surface area contributed by atoms with Crippen LogP contribution in [0.25, 0.3) is 11.4 Å². The van der Waals surface area contributed by atoms with E-state index in [-0.39, 0.29) is 0 Å². The fourth-order valence-electron chi connectivity index (χ4n) is 1.75. The molecule has 0 amide bonds. The van der Waals surface area contributed by atoms with Crippen molar-refractivity contribution in [2.45, 2.75) is 26.7 Å². The molecule has 1 aromatic carbocycles. The van der Waals surface area contributed by atoms with Crippen LogP contribution in [0.3, 0.4) is 0 Å². The molecule has 16 heavy (non-hydrogen) atoms. The molecule has 0 bridgehead atoms. The largest absolute Gasteiger partial charge is 0.229 e. The van der Waals surface area contributed by atoms with Crippen LogP contribution < -0.4 is 0 Å². The second kappa shape index (κ2) is 4.04. The van der Waals surface area contributed by atoms with Gasteiger partial charge < -0.3 is 0 Å². The van der Waals surface area contributed by atoms with Gasteiger partial charge in [0.05, 0.1) is 0 Å². The van der Waals surface area contributed by atoms with Crippen molar-refractivity contribution < 1.29 is 0 Å². The molecule has 4 nitrogen and oxygen atoms in total. The molecule has 0 aliphatic rings. The molecule has 0 N–H and O–H groups in total. The number of tetrazole rings is 1. The number of aromatic nitrogens is 4. The summed E-state index contributed by atoms with van der Waals surface area (Å²) in [7, 11) is 1.85. The number of hydrogen-bond donors (Lipinski definition) is 0. The van der Waals surface area contributed by atoms with Gasteiger partial charge in [0.15, 0.2) is 5.82 Å². The van der Waals surface area contributed by atoms with Crippen LogP contribution in [0.2, 0.25) is 0 Å². The number of aryl methyl sites for hydroxylation is 2. The first-order chi connectivity index (χ1) is 7.58. The lowest BCUT2D eigenvalue weighted by Gasteiger charge is -2.09. The highest BCUT2D eigenvalue weighted by Gasteiger charge is 2.09. The molecule has 4 heteroatoms. The smallest absolute Gasteiger partial charge is 0.181 e. The van der Waals surface area contributed by atoms with Crippen LogP contribution in [-0.2, 0) is 7.05 Å². The predicted octanol–water partition coefficient (Wildman–Crippen LogP) is 2.31. The van der Waals surface area contributed by atoms with Gasteiger partial charge in [-0.25, -0.2) is 4.68 Å². The highest BCUT2D eigenvalue weighted by Crippen LogP contribution is 2.23. The molecular weight excluding hydrogens is 200 g/mol. The van der Waals surface area contributed by atoms with Gasteiger partial charge in [-0.1, -0.05) is 25.5 Å². The number of hydrogen-bond acceptors (Lipinski definition) is 3. The Morgan fingerprint density at radius 3 is 2.50 bits per heavy atom. The van der Waals surface area contributed by atoms with E-state index >= 15 is 0 Å². The van der Waals surface area contributed by atoms with Crippen molar-refractivity contribution in [2.75, 3.05) is 0 Å². The first-order valence-electron chi connectivity index (χ1n) is 5.42. The zero-order valence-corrected chi connectivity index (χ0v) is 10.1. The third-order valence-electron chi connectivity index (χ3n) is 2.64. The van der Waals surface area contributed by atoms with Crippen molar-refractivity contribution in [1.29, 1.82) is 0 Å². The molecular formula is C12H16N4. The number of nitrogens with zero attached hydrogens (tertiary/aromatic N) is 4. The highest BCUT2D eigenvalue weighted by molar-refractivity contribution is 5.57. The van der Waals surface area contributed by atoms with Gasteiger partial charge in [0.25, 0.3) is 0 Å². The van der Waals surface area contributed by atoms with Gasteiger partial charge in [-0.3, -0.25) is 0 Å². The molecule has 84 valence electrons. The average molecular weight is 216 g/mol. The van der Waals surface area contributed by atoms with Crippen LogP contribution in [0.5, 0.6) is 0 Å². The van der Waals surface area contributed by atoms with E-state index in [1.54, 1.807) is 4.68 Å². The topological polar surface area (TPSA) is 43.6 Å². The quantitative estimate of drug-likeness (QED) is 0.773. The fourth-order valence-corrected chi connectivity index (χ4v) is 1.75. The summed E-state index contributed by atoms with van der Waals surface area (Å²) in [5.74, 6) is 1.32. The highest BCUT2D eigenvalue weighted by atomic mass is 15.5. The summed E-state index contributed by atoms with van der Waals surface area (Å²) in [4.78, 5) is 0. The van der Waals surface area contributed by atoms with E-state index in [1.165, 1.54) is 11.1 Å². The summed E-state index contributed by atoms with van der Waals surface area (Å²) in [6, 6.07) is 6.47. The third kappa shape index (κ3) is 1.96. The molecule has 0 radical (unpaired) electrons. The monoisotopic (exact) mass is 216 g/mol. The Morgan fingerprint density at radius 1 is 1.19 bits per heavy atom. The SMILES string of the molecule is Cc1cc(-c2nnnn2C)cc(C(C)C)c1. The maximum Gasteiger partial charge on any atom is 0.181 e. The van der Waals surface area contributed by atoms with Gasteiger partial charge in [-0.15, -0.1) is 5.10 Å². The van der Waals surface area contributed by atoms with E-state index in [9.17, 15) is 0 Å². The van der Waals surface area contributed by atoms with Gasteiger partial charge in [0.1, 0.15) is 0 Å². The van der Waals surface area contributed by atoms with Crippen LogP contribution in [0.4, 0.5) is 0 Å². The first-order valence-corrected chi connectivity index (χ1v) is 5.42. The van der Waals surface area contributed by atoms with Crippen molar-refractivity contribution in [2.24, 2.45) is 7.05 Å². The van der Waals surface area contributed by atoms with Crippen LogP contribution >= 0.6 is 0 Å². The molecule has 2 rings (SSSR count). The second-order valence-electron chi connectivity index (χ2n) is 4.41. The Bertz CT molecular complexity index is 499. The standard InChI is InChI=1S/C12H16N4/c1-8(2)10-5-9(3)6-11(7-10)12-13-14-15-16(12)4/h5-8H,1-4H3. The van der Waals surface area contributed by atoms with Crippen LogP contribution in [0.15, 0.2) is 18.2 Å². The molecule has 0 atom stereocenters. The zero-order chi connectivity index (χ0) is 11.7. The Kier molecular flexibility index (Phi) is 2.73. The van der Waals surface area contributed by atoms with E-state index in [0.717, 1.165) is 11.4 Å². The summed E-state index contributed by atoms with van der Waals surface area (Å²) in [6.45, 7) is 6.47. The van der Waals surface area contributed by atoms with Crippen molar-refractivity contribution in [3.8, 4) is 11.4 Å². The van der Waals surface area contributed by atoms with E-state index in [0.29, 0.717) is 5.92 Å². The minimum Gasteiger partial charge on any atom is -0.229 e. The van der Waals surface area contributed by atoms with Crippen molar-refractivity contribution in [1.82, 2.24) is 20.2 Å². The lowest BCUT2D eigenvalue weighted by molar-refractivity contribution is 0.714. The fraction of sp³-hybridized carbons (Fsp3) is 0.417. The molecule has 0 unspecified atom stereocenters. The summed E-state index contributed by atoms with van der Waals surface area (Å²) < 4.78 is 1.69. The lowest BCUT2D eigenvalue weighted by atomic mass is 9.98. The zero-order valence-electron chi connectivity index (χ0n) is 10.1. The molecule has 0 spiro atoms. The normalized spacial score (nSPS) is 11.1. The molecule has 1 heterocycles. The minimum atomic E-state index is 0.514. The Morgan fingerprint density at radius 2 is 1.94 bits per heavy atom. The van der Waals surface area contributed by atoms with E-state index in [1.807, 2.05) is 7.05 Å². The molecule has 0 aliphatic heterocycles. The predicted molar refractivity (Wildman–Crippen MR) is 63.1 cm³/mol. The van der Waals surface area contributed by atoms with Gasteiger partial charge in [0, 0.05) is 12.6 Å². The number of benzene rings is 1. The molecule has 1 aromatic heterocycles. The summed E-state index contributed by atoms with van der Waals surface area (Å²) in [5.41, 5.74) is 3.64. The van der Waals surface area contributed by atoms with E-state index in [4.69, 9.17) is 0 Å². The Labute approximate surface area is 95.3 Å². The first kappa shape index (κ1) is 10.8. The summed E-state index contributed by atoms with van der Waals surface area (Å²) in [6.07, 6.45) is 0. The maximum atomic E-state index is 4.03. The van der Waals surface area contributed by atoms with Gasteiger partial charge >= 0.3 is 0 Å². The van der Waals surface area contributed by atoms with Crippen molar-refractivity contribution in [3.63, 3.8) is 0 Å². The van der Waals surface area contributed by atoms with Crippen LogP contribution in [0, 0.1) is 6.92 Å². The van der Waals surface area contributed by atoms with Gasteiger partial charge in [0.2, 0.25) is 0 Å². The minimum absolute atomic E-state index is 0.514. The third-order valence-corrected chi connectivity index (χ3v) is 2.64. The van der Waals surface area contributed by atoms with Crippen LogP contribution in [0.1, 0.15) is 30.9 Å². The average Bonchev–Trinajstić information content (AvgIpc) is 2.63. The lowest BCUT2D eigenvalue weighted by Crippen LogP contribution is -1.97.